The highest BCUT2D eigenvalue weighted by Crippen LogP contribution is 2.37. The Hall–Kier alpha value is -2.64. The standard InChI is InChI=1S/C27H28Si/c1-2-3-14-23-15-13-22-27(23)28(24-16-7-4-8-17-24,25-18-9-5-10-19-25)26-20-11-6-12-21-26/h4-13,15-22,27H,2-3,14H2,1H3. The number of unbranched alkanes of at least 4 members (excludes halogenated alkanes) is 1. The van der Waals surface area contributed by atoms with Gasteiger partial charge in [-0.15, -0.1) is 0 Å². The summed E-state index contributed by atoms with van der Waals surface area (Å²) in [7, 11) is -2.26. The lowest BCUT2D eigenvalue weighted by molar-refractivity contribution is 0.776. The van der Waals surface area contributed by atoms with Crippen molar-refractivity contribution in [2.45, 2.75) is 31.7 Å². The number of rotatable bonds is 7. The third kappa shape index (κ3) is 3.31. The quantitative estimate of drug-likeness (QED) is 0.390. The van der Waals surface area contributed by atoms with E-state index in [-0.39, 0.29) is 0 Å². The van der Waals surface area contributed by atoms with E-state index in [2.05, 4.69) is 116 Å². The molecule has 0 radical (unpaired) electrons. The lowest BCUT2D eigenvalue weighted by Crippen LogP contribution is -2.69. The largest absolute Gasteiger partial charge is 0.158 e. The van der Waals surface area contributed by atoms with Gasteiger partial charge in [0.05, 0.1) is 0 Å². The van der Waals surface area contributed by atoms with Crippen molar-refractivity contribution in [3.63, 3.8) is 0 Å². The molecule has 1 aliphatic carbocycles. The van der Waals surface area contributed by atoms with Gasteiger partial charge in [-0.05, 0) is 28.4 Å². The van der Waals surface area contributed by atoms with Crippen LogP contribution in [0.5, 0.6) is 0 Å². The number of allylic oxidation sites excluding steroid dienone is 4. The Morgan fingerprint density at radius 3 is 1.57 bits per heavy atom. The average Bonchev–Trinajstić information content (AvgIpc) is 3.24. The zero-order valence-electron chi connectivity index (χ0n) is 16.6. The number of benzene rings is 3. The van der Waals surface area contributed by atoms with Gasteiger partial charge in [-0.2, -0.15) is 0 Å². The van der Waals surface area contributed by atoms with Gasteiger partial charge in [-0.25, -0.2) is 0 Å². The van der Waals surface area contributed by atoms with Gasteiger partial charge < -0.3 is 0 Å². The summed E-state index contributed by atoms with van der Waals surface area (Å²) in [4.78, 5) is 0. The Bertz CT molecular complexity index is 843. The van der Waals surface area contributed by atoms with Crippen LogP contribution >= 0.6 is 0 Å². The monoisotopic (exact) mass is 380 g/mol. The number of hydrogen-bond donors (Lipinski definition) is 0. The van der Waals surface area contributed by atoms with E-state index in [9.17, 15) is 0 Å². The van der Waals surface area contributed by atoms with Crippen LogP contribution in [0.2, 0.25) is 5.54 Å². The molecule has 0 saturated carbocycles. The molecule has 3 aromatic rings. The third-order valence-corrected chi connectivity index (χ3v) is 11.2. The summed E-state index contributed by atoms with van der Waals surface area (Å²) in [6.45, 7) is 2.29. The predicted octanol–water partition coefficient (Wildman–Crippen LogP) is 5.21. The molecule has 0 fully saturated rings. The highest BCUT2D eigenvalue weighted by atomic mass is 28.3. The van der Waals surface area contributed by atoms with Crippen molar-refractivity contribution >= 4 is 23.6 Å². The van der Waals surface area contributed by atoms with Crippen molar-refractivity contribution in [3.8, 4) is 0 Å². The van der Waals surface area contributed by atoms with Crippen molar-refractivity contribution in [1.29, 1.82) is 0 Å². The van der Waals surface area contributed by atoms with Crippen LogP contribution in [0.3, 0.4) is 0 Å². The molecule has 0 aromatic heterocycles. The predicted molar refractivity (Wildman–Crippen MR) is 124 cm³/mol. The molecule has 4 rings (SSSR count). The van der Waals surface area contributed by atoms with Crippen LogP contribution in [0.15, 0.2) is 115 Å². The highest BCUT2D eigenvalue weighted by Gasteiger charge is 2.47. The first-order valence-electron chi connectivity index (χ1n) is 10.4. The minimum atomic E-state index is -2.26. The maximum absolute atomic E-state index is 2.48. The molecule has 1 atom stereocenters. The summed E-state index contributed by atoms with van der Waals surface area (Å²) in [5.41, 5.74) is 2.07. The molecule has 0 bridgehead atoms. The molecule has 1 aliphatic rings. The van der Waals surface area contributed by atoms with E-state index in [1.165, 1.54) is 34.8 Å². The minimum Gasteiger partial charge on any atom is -0.0790 e. The highest BCUT2D eigenvalue weighted by molar-refractivity contribution is 7.13. The molecule has 0 N–H and O–H groups in total. The second-order valence-corrected chi connectivity index (χ2v) is 11.6. The smallest absolute Gasteiger partial charge is 0.0790 e. The van der Waals surface area contributed by atoms with E-state index in [1.54, 1.807) is 5.57 Å². The molecule has 3 aromatic carbocycles. The summed E-state index contributed by atoms with van der Waals surface area (Å²) in [5, 5.41) is 4.48. The van der Waals surface area contributed by atoms with Crippen LogP contribution in [0.1, 0.15) is 26.2 Å². The van der Waals surface area contributed by atoms with Crippen molar-refractivity contribution in [3.05, 3.63) is 115 Å². The Balaban J connectivity index is 2.00. The Morgan fingerprint density at radius 1 is 0.679 bits per heavy atom. The second-order valence-electron chi connectivity index (χ2n) is 7.61. The first kappa shape index (κ1) is 18.7. The van der Waals surface area contributed by atoms with Crippen molar-refractivity contribution in [1.82, 2.24) is 0 Å². The van der Waals surface area contributed by atoms with E-state index in [0.717, 1.165) is 0 Å². The first-order valence-corrected chi connectivity index (χ1v) is 12.5. The van der Waals surface area contributed by atoms with Gasteiger partial charge in [0, 0.05) is 5.54 Å². The van der Waals surface area contributed by atoms with Gasteiger partial charge in [-0.1, -0.05) is 128 Å². The Kier molecular flexibility index (Phi) is 5.73. The average molecular weight is 381 g/mol. The van der Waals surface area contributed by atoms with Crippen LogP contribution in [0.25, 0.3) is 0 Å². The van der Waals surface area contributed by atoms with E-state index in [4.69, 9.17) is 0 Å². The van der Waals surface area contributed by atoms with Crippen LogP contribution < -0.4 is 15.6 Å². The third-order valence-electron chi connectivity index (χ3n) is 5.99. The SMILES string of the molecule is CCCCC1=CC=CC1[Si](c1ccccc1)(c1ccccc1)c1ccccc1. The molecule has 0 saturated heterocycles. The lowest BCUT2D eigenvalue weighted by Gasteiger charge is -2.39. The van der Waals surface area contributed by atoms with Crippen molar-refractivity contribution in [2.24, 2.45) is 0 Å². The maximum atomic E-state index is 2.48. The van der Waals surface area contributed by atoms with Gasteiger partial charge in [0.25, 0.3) is 0 Å². The minimum absolute atomic E-state index is 0.464. The van der Waals surface area contributed by atoms with Crippen LogP contribution in [-0.2, 0) is 0 Å². The van der Waals surface area contributed by atoms with Gasteiger partial charge in [0.2, 0.25) is 0 Å². The first-order chi connectivity index (χ1) is 13.9. The normalized spacial score (nSPS) is 16.2. The summed E-state index contributed by atoms with van der Waals surface area (Å²) in [6.07, 6.45) is 10.8. The van der Waals surface area contributed by atoms with Gasteiger partial charge in [0.15, 0.2) is 8.07 Å². The second kappa shape index (κ2) is 8.58. The van der Waals surface area contributed by atoms with Crippen LogP contribution in [-0.4, -0.2) is 8.07 Å². The van der Waals surface area contributed by atoms with Crippen molar-refractivity contribution < 1.29 is 0 Å². The number of hydrogen-bond acceptors (Lipinski definition) is 0. The Labute approximate surface area is 170 Å². The van der Waals surface area contributed by atoms with Gasteiger partial charge >= 0.3 is 0 Å². The molecule has 1 unspecified atom stereocenters. The van der Waals surface area contributed by atoms with Gasteiger partial charge in [-0.3, -0.25) is 0 Å². The van der Waals surface area contributed by atoms with Crippen LogP contribution in [0.4, 0.5) is 0 Å². The molecule has 0 heterocycles. The summed E-state index contributed by atoms with van der Waals surface area (Å²) in [5.74, 6) is 0. The van der Waals surface area contributed by atoms with E-state index < -0.39 is 8.07 Å². The van der Waals surface area contributed by atoms with Crippen molar-refractivity contribution in [2.75, 3.05) is 0 Å². The summed E-state index contributed by atoms with van der Waals surface area (Å²) in [6, 6.07) is 33.8. The molecular formula is C27H28Si. The maximum Gasteiger partial charge on any atom is 0.158 e. The van der Waals surface area contributed by atoms with E-state index in [0.29, 0.717) is 5.54 Å². The molecule has 1 heteroatoms. The van der Waals surface area contributed by atoms with Gasteiger partial charge in [0.1, 0.15) is 0 Å². The molecular weight excluding hydrogens is 352 g/mol. The van der Waals surface area contributed by atoms with Crippen LogP contribution in [0, 0.1) is 0 Å². The van der Waals surface area contributed by atoms with E-state index >= 15 is 0 Å². The zero-order valence-corrected chi connectivity index (χ0v) is 17.6. The summed E-state index contributed by atoms with van der Waals surface area (Å²) >= 11 is 0. The molecule has 28 heavy (non-hydrogen) atoms. The Morgan fingerprint density at radius 2 is 1.14 bits per heavy atom. The summed E-state index contributed by atoms with van der Waals surface area (Å²) < 4.78 is 0. The van der Waals surface area contributed by atoms with E-state index in [1.807, 2.05) is 0 Å². The lowest BCUT2D eigenvalue weighted by atomic mass is 10.1. The molecule has 0 nitrogen and oxygen atoms in total. The fourth-order valence-electron chi connectivity index (χ4n) is 4.70. The fourth-order valence-corrected chi connectivity index (χ4v) is 10.1. The zero-order chi connectivity index (χ0) is 19.2. The molecule has 0 amide bonds. The fraction of sp³-hybridized carbons (Fsp3) is 0.185. The molecule has 0 spiro atoms. The molecule has 140 valence electrons. The topological polar surface area (TPSA) is 0 Å². The molecule has 0 aliphatic heterocycles.